The van der Waals surface area contributed by atoms with E-state index in [1.165, 1.54) is 47.6 Å². The van der Waals surface area contributed by atoms with Crippen molar-refractivity contribution in [2.24, 2.45) is 0 Å². The van der Waals surface area contributed by atoms with Gasteiger partial charge >= 0.3 is 0 Å². The van der Waals surface area contributed by atoms with Crippen molar-refractivity contribution in [3.63, 3.8) is 0 Å². The van der Waals surface area contributed by atoms with Crippen LogP contribution in [0.15, 0.2) is 205 Å². The van der Waals surface area contributed by atoms with Gasteiger partial charge in [-0.25, -0.2) is 0 Å². The van der Waals surface area contributed by atoms with Gasteiger partial charge in [0.25, 0.3) is 0 Å². The number of hydrogen-bond acceptors (Lipinski definition) is 3. The zero-order chi connectivity index (χ0) is 36.3. The molecule has 258 valence electrons. The molecule has 0 aliphatic carbocycles. The molecule has 0 N–H and O–H groups in total. The van der Waals surface area contributed by atoms with Gasteiger partial charge < -0.3 is 9.32 Å². The van der Waals surface area contributed by atoms with E-state index in [9.17, 15) is 0 Å². The fourth-order valence-corrected chi connectivity index (χ4v) is 9.43. The average molecular weight is 720 g/mol. The number of para-hydroxylation sites is 1. The summed E-state index contributed by atoms with van der Waals surface area (Å²) in [5, 5.41) is 7.27. The highest BCUT2D eigenvalue weighted by atomic mass is 32.1. The Morgan fingerprint density at radius 1 is 0.364 bits per heavy atom. The molecule has 3 heteroatoms. The molecule has 0 amide bonds. The summed E-state index contributed by atoms with van der Waals surface area (Å²) in [6.07, 6.45) is 0. The van der Waals surface area contributed by atoms with Crippen LogP contribution >= 0.6 is 11.3 Å². The first-order valence-corrected chi connectivity index (χ1v) is 19.5. The van der Waals surface area contributed by atoms with Gasteiger partial charge in [-0.1, -0.05) is 146 Å². The van der Waals surface area contributed by atoms with Crippen molar-refractivity contribution in [1.82, 2.24) is 0 Å². The van der Waals surface area contributed by atoms with E-state index < -0.39 is 0 Å². The average Bonchev–Trinajstić information content (AvgIpc) is 3.82. The number of benzene rings is 9. The van der Waals surface area contributed by atoms with Crippen LogP contribution in [-0.4, -0.2) is 0 Å². The minimum absolute atomic E-state index is 0.878. The van der Waals surface area contributed by atoms with E-state index in [2.05, 4.69) is 193 Å². The molecular weight excluding hydrogens is 687 g/mol. The summed E-state index contributed by atoms with van der Waals surface area (Å²) >= 11 is 1.87. The van der Waals surface area contributed by atoms with Crippen molar-refractivity contribution in [2.75, 3.05) is 4.90 Å². The molecule has 0 saturated carbocycles. The maximum atomic E-state index is 6.33. The fourth-order valence-electron chi connectivity index (χ4n) is 8.19. The van der Waals surface area contributed by atoms with Crippen LogP contribution in [0.2, 0.25) is 0 Å². The molecule has 9 aromatic carbocycles. The van der Waals surface area contributed by atoms with Crippen LogP contribution in [0.5, 0.6) is 0 Å². The molecule has 0 atom stereocenters. The van der Waals surface area contributed by atoms with Crippen LogP contribution in [0.4, 0.5) is 17.1 Å². The van der Waals surface area contributed by atoms with Gasteiger partial charge in [0.05, 0.1) is 5.69 Å². The second-order valence-electron chi connectivity index (χ2n) is 14.1. The van der Waals surface area contributed by atoms with Crippen molar-refractivity contribution in [1.29, 1.82) is 0 Å². The number of furan rings is 1. The Morgan fingerprint density at radius 2 is 1.05 bits per heavy atom. The fraction of sp³-hybridized carbons (Fsp3) is 0. The maximum absolute atomic E-state index is 6.33. The molecule has 0 fully saturated rings. The summed E-state index contributed by atoms with van der Waals surface area (Å²) in [4.78, 5) is 2.43. The zero-order valence-corrected chi connectivity index (χ0v) is 30.6. The molecule has 0 unspecified atom stereocenters. The van der Waals surface area contributed by atoms with Gasteiger partial charge in [0.2, 0.25) is 0 Å². The molecule has 0 saturated heterocycles. The van der Waals surface area contributed by atoms with Crippen LogP contribution in [0.3, 0.4) is 0 Å². The molecule has 2 nitrogen and oxygen atoms in total. The Bertz CT molecular complexity index is 3230. The smallest absolute Gasteiger partial charge is 0.135 e. The lowest BCUT2D eigenvalue weighted by Crippen LogP contribution is -2.11. The Hall–Kier alpha value is -6.94. The number of thiophene rings is 1. The van der Waals surface area contributed by atoms with Gasteiger partial charge in [0.15, 0.2) is 0 Å². The molecule has 0 spiro atoms. The van der Waals surface area contributed by atoms with Crippen LogP contribution < -0.4 is 4.90 Å². The van der Waals surface area contributed by atoms with E-state index in [0.29, 0.717) is 0 Å². The first kappa shape index (κ1) is 31.6. The molecule has 11 aromatic rings. The van der Waals surface area contributed by atoms with Crippen molar-refractivity contribution >= 4 is 81.3 Å². The van der Waals surface area contributed by atoms with Gasteiger partial charge in [0.1, 0.15) is 11.2 Å². The number of anilines is 3. The third kappa shape index (κ3) is 5.40. The molecule has 2 heterocycles. The highest BCUT2D eigenvalue weighted by molar-refractivity contribution is 7.26. The number of hydrogen-bond donors (Lipinski definition) is 0. The van der Waals surface area contributed by atoms with Gasteiger partial charge in [0, 0.05) is 47.9 Å². The van der Waals surface area contributed by atoms with Gasteiger partial charge in [-0.3, -0.25) is 0 Å². The normalized spacial score (nSPS) is 11.6. The largest absolute Gasteiger partial charge is 0.456 e. The van der Waals surface area contributed by atoms with Gasteiger partial charge in [-0.05, 0) is 93.2 Å². The molecule has 55 heavy (non-hydrogen) atoms. The van der Waals surface area contributed by atoms with E-state index in [4.69, 9.17) is 4.42 Å². The predicted octanol–water partition coefficient (Wildman–Crippen LogP) is 15.6. The Morgan fingerprint density at radius 3 is 1.98 bits per heavy atom. The molecule has 0 radical (unpaired) electrons. The first-order chi connectivity index (χ1) is 27.2. The highest BCUT2D eigenvalue weighted by Gasteiger charge is 2.21. The minimum Gasteiger partial charge on any atom is -0.456 e. The Balaban J connectivity index is 1.17. The maximum Gasteiger partial charge on any atom is 0.135 e. The van der Waals surface area contributed by atoms with Crippen molar-refractivity contribution in [3.8, 4) is 33.4 Å². The van der Waals surface area contributed by atoms with Crippen LogP contribution in [0.25, 0.3) is 86.3 Å². The summed E-state index contributed by atoms with van der Waals surface area (Å²) < 4.78 is 8.94. The zero-order valence-electron chi connectivity index (χ0n) is 29.8. The Kier molecular flexibility index (Phi) is 7.39. The molecule has 11 rings (SSSR count). The third-order valence-electron chi connectivity index (χ3n) is 10.8. The minimum atomic E-state index is 0.878. The van der Waals surface area contributed by atoms with Gasteiger partial charge in [-0.15, -0.1) is 11.3 Å². The number of rotatable bonds is 6. The second-order valence-corrected chi connectivity index (χ2v) is 15.2. The van der Waals surface area contributed by atoms with Gasteiger partial charge in [-0.2, -0.15) is 0 Å². The third-order valence-corrected chi connectivity index (χ3v) is 12.1. The summed E-state index contributed by atoms with van der Waals surface area (Å²) in [5.74, 6) is 0. The molecule has 0 bridgehead atoms. The van der Waals surface area contributed by atoms with E-state index in [0.717, 1.165) is 55.7 Å². The topological polar surface area (TPSA) is 16.4 Å². The number of fused-ring (bicyclic) bond motifs is 7. The second kappa shape index (κ2) is 12.9. The van der Waals surface area contributed by atoms with E-state index in [-0.39, 0.29) is 0 Å². The lowest BCUT2D eigenvalue weighted by Gasteiger charge is -2.29. The van der Waals surface area contributed by atoms with Crippen LogP contribution in [0.1, 0.15) is 0 Å². The van der Waals surface area contributed by atoms with Crippen LogP contribution in [0, 0.1) is 0 Å². The van der Waals surface area contributed by atoms with Crippen molar-refractivity contribution < 1.29 is 4.42 Å². The highest BCUT2D eigenvalue weighted by Crippen LogP contribution is 2.46. The standard InChI is InChI=1S/C52H33NOS/c1-2-13-35(14-3-1)42-28-26-38(37-25-24-34-12-4-5-15-36(34)30-37)32-48(42)53(41-27-29-50-47(33-41)44-18-6-8-22-49(44)54-50)40-17-10-16-39(31-40)43-20-11-21-46-45-19-7-9-23-51(45)55-52(43)46/h1-33H. The van der Waals surface area contributed by atoms with E-state index in [1.54, 1.807) is 0 Å². The Labute approximate surface area is 322 Å². The molecule has 0 aliphatic rings. The monoisotopic (exact) mass is 719 g/mol. The predicted molar refractivity (Wildman–Crippen MR) is 235 cm³/mol. The van der Waals surface area contributed by atoms with Crippen molar-refractivity contribution in [3.05, 3.63) is 200 Å². The lowest BCUT2D eigenvalue weighted by atomic mass is 9.95. The summed E-state index contributed by atoms with van der Waals surface area (Å²) in [6.45, 7) is 0. The van der Waals surface area contributed by atoms with Crippen LogP contribution in [-0.2, 0) is 0 Å². The SMILES string of the molecule is c1ccc(-c2ccc(-c3ccc4ccccc4c3)cc2N(c2cccc(-c3cccc4c3sc3ccccc34)c2)c2ccc3oc4ccccc4c3c2)cc1. The van der Waals surface area contributed by atoms with Crippen molar-refractivity contribution in [2.45, 2.75) is 0 Å². The first-order valence-electron chi connectivity index (χ1n) is 18.7. The number of nitrogens with zero attached hydrogens (tertiary/aromatic N) is 1. The molecule has 2 aromatic heterocycles. The summed E-state index contributed by atoms with van der Waals surface area (Å²) in [6, 6.07) is 72.4. The van der Waals surface area contributed by atoms with E-state index >= 15 is 0 Å². The molecular formula is C52H33NOS. The summed E-state index contributed by atoms with van der Waals surface area (Å²) in [7, 11) is 0. The molecule has 0 aliphatic heterocycles. The lowest BCUT2D eigenvalue weighted by molar-refractivity contribution is 0.669. The van der Waals surface area contributed by atoms with E-state index in [1.807, 2.05) is 23.5 Å². The summed E-state index contributed by atoms with van der Waals surface area (Å²) in [5.41, 5.74) is 12.1. The quantitative estimate of drug-likeness (QED) is 0.170.